The lowest BCUT2D eigenvalue weighted by molar-refractivity contribution is -0.135. The Morgan fingerprint density at radius 3 is 2.31 bits per heavy atom. The fraction of sp³-hybridized carbons (Fsp3) is 0.370. The first-order chi connectivity index (χ1) is 15.1. The van der Waals surface area contributed by atoms with E-state index >= 15 is 0 Å². The smallest absolute Gasteiger partial charge is 0.240 e. The highest BCUT2D eigenvalue weighted by molar-refractivity contribution is 6.24. The highest BCUT2D eigenvalue weighted by Gasteiger charge is 2.65. The number of carbonyl (C=O) groups is 3. The van der Waals surface area contributed by atoms with Crippen LogP contribution in [-0.4, -0.2) is 28.5 Å². The Hall–Kier alpha value is -3.21. The van der Waals surface area contributed by atoms with Gasteiger partial charge in [-0.2, -0.15) is 0 Å². The Bertz CT molecular complexity index is 1190. The van der Waals surface area contributed by atoms with Gasteiger partial charge in [-0.1, -0.05) is 62.7 Å². The van der Waals surface area contributed by atoms with E-state index in [0.717, 1.165) is 22.3 Å². The van der Waals surface area contributed by atoms with Gasteiger partial charge in [0.1, 0.15) is 6.04 Å². The van der Waals surface area contributed by atoms with Crippen LogP contribution in [0.4, 0.5) is 5.69 Å². The van der Waals surface area contributed by atoms with E-state index in [4.69, 9.17) is 0 Å². The van der Waals surface area contributed by atoms with Crippen molar-refractivity contribution in [1.29, 1.82) is 0 Å². The van der Waals surface area contributed by atoms with Gasteiger partial charge in [-0.15, -0.1) is 0 Å². The molecule has 5 nitrogen and oxygen atoms in total. The van der Waals surface area contributed by atoms with E-state index < -0.39 is 23.3 Å². The summed E-state index contributed by atoms with van der Waals surface area (Å²) in [4.78, 5) is 44.6. The number of amides is 2. The molecule has 2 amide bonds. The third-order valence-electron chi connectivity index (χ3n) is 7.06. The number of hydrogen-bond donors (Lipinski definition) is 0. The molecule has 2 saturated heterocycles. The second-order valence-electron chi connectivity index (χ2n) is 10.2. The van der Waals surface area contributed by atoms with Gasteiger partial charge in [-0.05, 0) is 42.7 Å². The minimum atomic E-state index is -0.698. The van der Waals surface area contributed by atoms with Gasteiger partial charge in [0, 0.05) is 11.6 Å². The Kier molecular flexibility index (Phi) is 4.45. The van der Waals surface area contributed by atoms with E-state index in [1.165, 1.54) is 4.90 Å². The van der Waals surface area contributed by atoms with Crippen molar-refractivity contribution in [1.82, 2.24) is 4.90 Å². The van der Waals surface area contributed by atoms with E-state index in [2.05, 4.69) is 0 Å². The molecule has 0 saturated carbocycles. The van der Waals surface area contributed by atoms with Gasteiger partial charge >= 0.3 is 0 Å². The van der Waals surface area contributed by atoms with Crippen molar-refractivity contribution in [2.24, 2.45) is 17.3 Å². The number of fused-ring (bicyclic) bond motifs is 5. The molecule has 0 spiro atoms. The standard InChI is InChI=1S/C27H28N2O3/c1-15-10-11-19(16(2)14-15)29-25(31)20-21(26(29)32)23(24(30)27(3,4)5)28-13-12-17-8-6-7-9-18(17)22(20)28/h6-14,20-23H,1-5H3/t20-,21-,22+,23+/m1/s1. The molecule has 0 N–H and O–H groups in total. The summed E-state index contributed by atoms with van der Waals surface area (Å²) in [7, 11) is 0. The summed E-state index contributed by atoms with van der Waals surface area (Å²) in [5.41, 5.74) is 3.97. The molecule has 0 aromatic heterocycles. The molecule has 0 radical (unpaired) electrons. The Balaban J connectivity index is 1.68. The van der Waals surface area contributed by atoms with E-state index in [1.807, 2.05) is 94.3 Å². The van der Waals surface area contributed by atoms with Crippen molar-refractivity contribution in [3.8, 4) is 0 Å². The number of Topliss-reactive ketones (excluding diaryl/α,β-unsaturated/α-hetero) is 1. The van der Waals surface area contributed by atoms with Crippen LogP contribution in [0.5, 0.6) is 0 Å². The number of anilines is 1. The summed E-state index contributed by atoms with van der Waals surface area (Å²) < 4.78 is 0. The predicted molar refractivity (Wildman–Crippen MR) is 124 cm³/mol. The maximum absolute atomic E-state index is 13.9. The maximum Gasteiger partial charge on any atom is 0.240 e. The molecule has 2 aromatic rings. The van der Waals surface area contributed by atoms with Crippen LogP contribution in [0.1, 0.15) is 49.1 Å². The molecular formula is C27H28N2O3. The van der Waals surface area contributed by atoms with Crippen LogP contribution >= 0.6 is 0 Å². The Labute approximate surface area is 188 Å². The summed E-state index contributed by atoms with van der Waals surface area (Å²) >= 11 is 0. The quantitative estimate of drug-likeness (QED) is 0.664. The summed E-state index contributed by atoms with van der Waals surface area (Å²) in [5, 5.41) is 0. The Morgan fingerprint density at radius 1 is 0.938 bits per heavy atom. The zero-order chi connectivity index (χ0) is 22.9. The van der Waals surface area contributed by atoms with Crippen LogP contribution in [0.2, 0.25) is 0 Å². The lowest BCUT2D eigenvalue weighted by atomic mass is 9.79. The molecular weight excluding hydrogens is 400 g/mol. The molecule has 32 heavy (non-hydrogen) atoms. The highest BCUT2D eigenvalue weighted by Crippen LogP contribution is 2.54. The van der Waals surface area contributed by atoms with Gasteiger partial charge in [-0.25, -0.2) is 4.90 Å². The molecule has 2 fully saturated rings. The molecule has 5 heteroatoms. The van der Waals surface area contributed by atoms with Crippen LogP contribution < -0.4 is 4.90 Å². The molecule has 0 bridgehead atoms. The zero-order valence-electron chi connectivity index (χ0n) is 19.1. The minimum Gasteiger partial charge on any atom is -0.359 e. The van der Waals surface area contributed by atoms with Crippen molar-refractivity contribution >= 4 is 29.4 Å². The topological polar surface area (TPSA) is 57.7 Å². The normalized spacial score (nSPS) is 26.3. The fourth-order valence-electron chi connectivity index (χ4n) is 5.59. The Morgan fingerprint density at radius 2 is 1.62 bits per heavy atom. The van der Waals surface area contributed by atoms with E-state index in [1.54, 1.807) is 0 Å². The van der Waals surface area contributed by atoms with Gasteiger partial charge in [0.05, 0.1) is 23.6 Å². The van der Waals surface area contributed by atoms with Crippen molar-refractivity contribution in [2.75, 3.05) is 4.90 Å². The zero-order valence-corrected chi connectivity index (χ0v) is 19.1. The molecule has 0 aliphatic carbocycles. The molecule has 5 rings (SSSR count). The molecule has 3 heterocycles. The first-order valence-electron chi connectivity index (χ1n) is 11.1. The predicted octanol–water partition coefficient (Wildman–Crippen LogP) is 4.43. The maximum atomic E-state index is 13.9. The fourth-order valence-corrected chi connectivity index (χ4v) is 5.59. The summed E-state index contributed by atoms with van der Waals surface area (Å²) in [6.45, 7) is 9.54. The van der Waals surface area contributed by atoms with E-state index in [9.17, 15) is 14.4 Å². The number of carbonyl (C=O) groups excluding carboxylic acids is 3. The highest BCUT2D eigenvalue weighted by atomic mass is 16.2. The average molecular weight is 429 g/mol. The monoisotopic (exact) mass is 428 g/mol. The van der Waals surface area contributed by atoms with Crippen LogP contribution in [-0.2, 0) is 14.4 Å². The lowest BCUT2D eigenvalue weighted by Gasteiger charge is -2.37. The summed E-state index contributed by atoms with van der Waals surface area (Å²) in [5.74, 6) is -1.78. The summed E-state index contributed by atoms with van der Waals surface area (Å²) in [6.07, 6.45) is 3.88. The SMILES string of the molecule is Cc1ccc(N2C(=O)[C@@H]3[C@@H](C2=O)[C@@H]2c4ccccc4C=CN2[C@@H]3C(=O)C(C)(C)C)c(C)c1. The molecule has 2 aromatic carbocycles. The van der Waals surface area contributed by atoms with Crippen molar-refractivity contribution in [3.63, 3.8) is 0 Å². The van der Waals surface area contributed by atoms with Crippen LogP contribution in [0.3, 0.4) is 0 Å². The van der Waals surface area contributed by atoms with Gasteiger partial charge in [-0.3, -0.25) is 14.4 Å². The van der Waals surface area contributed by atoms with Crippen LogP contribution in [0.25, 0.3) is 6.08 Å². The van der Waals surface area contributed by atoms with E-state index in [0.29, 0.717) is 5.69 Å². The number of nitrogens with zero attached hydrogens (tertiary/aromatic N) is 2. The van der Waals surface area contributed by atoms with E-state index in [-0.39, 0.29) is 23.6 Å². The second-order valence-corrected chi connectivity index (χ2v) is 10.2. The van der Waals surface area contributed by atoms with Gasteiger partial charge in [0.2, 0.25) is 11.8 Å². The third-order valence-corrected chi connectivity index (χ3v) is 7.06. The molecule has 3 aliphatic rings. The van der Waals surface area contributed by atoms with Crippen molar-refractivity contribution in [3.05, 3.63) is 70.9 Å². The number of rotatable bonds is 2. The first-order valence-corrected chi connectivity index (χ1v) is 11.1. The van der Waals surface area contributed by atoms with Crippen LogP contribution in [0, 0.1) is 31.1 Å². The largest absolute Gasteiger partial charge is 0.359 e. The third kappa shape index (κ3) is 2.80. The van der Waals surface area contributed by atoms with Crippen LogP contribution in [0.15, 0.2) is 48.7 Å². The van der Waals surface area contributed by atoms with Crippen molar-refractivity contribution < 1.29 is 14.4 Å². The molecule has 4 atom stereocenters. The number of benzene rings is 2. The molecule has 164 valence electrons. The minimum absolute atomic E-state index is 0.0114. The molecule has 0 unspecified atom stereocenters. The average Bonchev–Trinajstić information content (AvgIpc) is 3.20. The first kappa shape index (κ1) is 20.7. The van der Waals surface area contributed by atoms with Gasteiger partial charge in [0.25, 0.3) is 0 Å². The number of imide groups is 1. The second kappa shape index (κ2) is 6.89. The summed E-state index contributed by atoms with van der Waals surface area (Å²) in [6, 6.07) is 12.7. The van der Waals surface area contributed by atoms with Gasteiger partial charge in [0.15, 0.2) is 5.78 Å². The number of hydrogen-bond acceptors (Lipinski definition) is 4. The van der Waals surface area contributed by atoms with Gasteiger partial charge < -0.3 is 4.90 Å². The number of ketones is 1. The van der Waals surface area contributed by atoms with Crippen molar-refractivity contribution in [2.45, 2.75) is 46.7 Å². The molecule has 3 aliphatic heterocycles. The lowest BCUT2D eigenvalue weighted by Crippen LogP contribution is -2.47. The number of aryl methyl sites for hydroxylation is 2.